The molecule has 27 heavy (non-hydrogen) atoms. The average Bonchev–Trinajstić information content (AvgIpc) is 3.10. The molecule has 0 unspecified atom stereocenters. The van der Waals surface area contributed by atoms with E-state index < -0.39 is 0 Å². The van der Waals surface area contributed by atoms with Gasteiger partial charge in [0, 0.05) is 43.5 Å². The zero-order valence-electron chi connectivity index (χ0n) is 15.6. The van der Waals surface area contributed by atoms with Gasteiger partial charge in [0.1, 0.15) is 0 Å². The Balaban J connectivity index is 1.43. The summed E-state index contributed by atoms with van der Waals surface area (Å²) in [6.45, 7) is 4.54. The first-order valence-corrected chi connectivity index (χ1v) is 9.36. The van der Waals surface area contributed by atoms with Gasteiger partial charge in [0.05, 0.1) is 0 Å². The third kappa shape index (κ3) is 5.82. The van der Waals surface area contributed by atoms with Gasteiger partial charge in [0.15, 0.2) is 0 Å². The predicted molar refractivity (Wildman–Crippen MR) is 108 cm³/mol. The molecule has 142 valence electrons. The molecule has 1 fully saturated rings. The van der Waals surface area contributed by atoms with Crippen LogP contribution in [0.1, 0.15) is 25.3 Å². The van der Waals surface area contributed by atoms with Crippen molar-refractivity contribution in [2.24, 2.45) is 0 Å². The Kier molecular flexibility index (Phi) is 6.44. The Labute approximate surface area is 159 Å². The molecule has 1 saturated heterocycles. The second kappa shape index (κ2) is 9.19. The van der Waals surface area contributed by atoms with Crippen molar-refractivity contribution in [1.82, 2.24) is 10.2 Å². The van der Waals surface area contributed by atoms with Gasteiger partial charge in [-0.25, -0.2) is 4.79 Å². The summed E-state index contributed by atoms with van der Waals surface area (Å²) in [7, 11) is 0. The van der Waals surface area contributed by atoms with Crippen LogP contribution in [-0.4, -0.2) is 36.0 Å². The molecule has 0 spiro atoms. The summed E-state index contributed by atoms with van der Waals surface area (Å²) in [5.74, 6) is -0.0326. The average molecular weight is 366 g/mol. The molecule has 0 saturated carbocycles. The number of urea groups is 1. The zero-order valence-corrected chi connectivity index (χ0v) is 15.6. The summed E-state index contributed by atoms with van der Waals surface area (Å²) in [6, 6.07) is 17.4. The summed E-state index contributed by atoms with van der Waals surface area (Å²) in [5.41, 5.74) is 2.71. The van der Waals surface area contributed by atoms with Gasteiger partial charge in [-0.05, 0) is 36.2 Å². The maximum Gasteiger partial charge on any atom is 0.319 e. The fourth-order valence-corrected chi connectivity index (χ4v) is 3.17. The molecule has 1 heterocycles. The lowest BCUT2D eigenvalue weighted by molar-refractivity contribution is -0.115. The maximum absolute atomic E-state index is 12.2. The van der Waals surface area contributed by atoms with Gasteiger partial charge in [0.2, 0.25) is 5.91 Å². The lowest BCUT2D eigenvalue weighted by Gasteiger charge is -2.17. The lowest BCUT2D eigenvalue weighted by Crippen LogP contribution is -2.39. The van der Waals surface area contributed by atoms with Crippen molar-refractivity contribution in [2.75, 3.05) is 23.7 Å². The maximum atomic E-state index is 12.2. The van der Waals surface area contributed by atoms with Crippen LogP contribution in [0.15, 0.2) is 54.6 Å². The van der Waals surface area contributed by atoms with Crippen molar-refractivity contribution < 1.29 is 9.59 Å². The van der Waals surface area contributed by atoms with E-state index in [0.717, 1.165) is 31.7 Å². The van der Waals surface area contributed by atoms with E-state index in [4.69, 9.17) is 0 Å². The fourth-order valence-electron chi connectivity index (χ4n) is 3.17. The Bertz CT molecular complexity index is 762. The molecule has 0 bridgehead atoms. The van der Waals surface area contributed by atoms with Crippen LogP contribution in [0, 0.1) is 0 Å². The molecule has 0 aromatic heterocycles. The highest BCUT2D eigenvalue weighted by atomic mass is 16.2. The van der Waals surface area contributed by atoms with Crippen LogP contribution in [0.5, 0.6) is 0 Å². The zero-order chi connectivity index (χ0) is 19.1. The van der Waals surface area contributed by atoms with E-state index in [9.17, 15) is 9.59 Å². The van der Waals surface area contributed by atoms with E-state index in [-0.39, 0.29) is 18.0 Å². The summed E-state index contributed by atoms with van der Waals surface area (Å²) in [5, 5.41) is 8.67. The smallest absolute Gasteiger partial charge is 0.319 e. The second-order valence-electron chi connectivity index (χ2n) is 6.78. The largest absolute Gasteiger partial charge is 0.334 e. The molecule has 1 aliphatic rings. The first-order valence-electron chi connectivity index (χ1n) is 9.36. The van der Waals surface area contributed by atoms with Gasteiger partial charge in [-0.2, -0.15) is 0 Å². The van der Waals surface area contributed by atoms with Gasteiger partial charge < -0.3 is 16.0 Å². The Morgan fingerprint density at radius 2 is 1.67 bits per heavy atom. The number of carbonyl (C=O) groups is 2. The summed E-state index contributed by atoms with van der Waals surface area (Å²) in [4.78, 5) is 26.0. The van der Waals surface area contributed by atoms with E-state index in [1.807, 2.05) is 18.2 Å². The minimum atomic E-state index is -0.202. The van der Waals surface area contributed by atoms with E-state index in [0.29, 0.717) is 12.1 Å². The SMILES string of the molecule is CCC(=O)Nc1ccc(NC(=O)N[C@H]2CCN(Cc3ccccc3)C2)cc1. The van der Waals surface area contributed by atoms with Crippen molar-refractivity contribution in [1.29, 1.82) is 0 Å². The highest BCUT2D eigenvalue weighted by Crippen LogP contribution is 2.15. The Morgan fingerprint density at radius 1 is 1.00 bits per heavy atom. The van der Waals surface area contributed by atoms with Crippen molar-refractivity contribution in [3.8, 4) is 0 Å². The number of amides is 3. The van der Waals surface area contributed by atoms with Gasteiger partial charge in [0.25, 0.3) is 0 Å². The summed E-state index contributed by atoms with van der Waals surface area (Å²) in [6.07, 6.45) is 1.38. The molecular formula is C21H26N4O2. The van der Waals surface area contributed by atoms with Crippen LogP contribution in [0.3, 0.4) is 0 Å². The van der Waals surface area contributed by atoms with Crippen LogP contribution in [0.4, 0.5) is 16.2 Å². The van der Waals surface area contributed by atoms with Crippen molar-refractivity contribution in [3.05, 3.63) is 60.2 Å². The van der Waals surface area contributed by atoms with Crippen LogP contribution in [-0.2, 0) is 11.3 Å². The molecule has 3 rings (SSSR count). The third-order valence-electron chi connectivity index (χ3n) is 4.60. The summed E-state index contributed by atoms with van der Waals surface area (Å²) < 4.78 is 0. The number of hydrogen-bond acceptors (Lipinski definition) is 3. The number of nitrogens with zero attached hydrogens (tertiary/aromatic N) is 1. The van der Waals surface area contributed by atoms with E-state index >= 15 is 0 Å². The number of nitrogens with one attached hydrogen (secondary N) is 3. The van der Waals surface area contributed by atoms with Crippen LogP contribution in [0.25, 0.3) is 0 Å². The molecule has 6 heteroatoms. The highest BCUT2D eigenvalue weighted by molar-refractivity contribution is 5.92. The first-order chi connectivity index (χ1) is 13.1. The third-order valence-corrected chi connectivity index (χ3v) is 4.60. The van der Waals surface area contributed by atoms with Crippen LogP contribution < -0.4 is 16.0 Å². The Morgan fingerprint density at radius 3 is 2.33 bits per heavy atom. The minimum Gasteiger partial charge on any atom is -0.334 e. The number of benzene rings is 2. The van der Waals surface area contributed by atoms with E-state index in [1.54, 1.807) is 31.2 Å². The van der Waals surface area contributed by atoms with E-state index in [2.05, 4.69) is 33.0 Å². The minimum absolute atomic E-state index is 0.0326. The molecule has 1 aliphatic heterocycles. The topological polar surface area (TPSA) is 73.5 Å². The van der Waals surface area contributed by atoms with Gasteiger partial charge in [-0.3, -0.25) is 9.69 Å². The van der Waals surface area contributed by atoms with Crippen molar-refractivity contribution >= 4 is 23.3 Å². The second-order valence-corrected chi connectivity index (χ2v) is 6.78. The quantitative estimate of drug-likeness (QED) is 0.733. The first kappa shape index (κ1) is 18.9. The number of anilines is 2. The molecular weight excluding hydrogens is 340 g/mol. The molecule has 0 radical (unpaired) electrons. The highest BCUT2D eigenvalue weighted by Gasteiger charge is 2.23. The molecule has 1 atom stereocenters. The lowest BCUT2D eigenvalue weighted by atomic mass is 10.2. The summed E-state index contributed by atoms with van der Waals surface area (Å²) >= 11 is 0. The van der Waals surface area contributed by atoms with Gasteiger partial charge in [-0.1, -0.05) is 37.3 Å². The molecule has 3 amide bonds. The fraction of sp³-hybridized carbons (Fsp3) is 0.333. The van der Waals surface area contributed by atoms with Crippen molar-refractivity contribution in [3.63, 3.8) is 0 Å². The standard InChI is InChI=1S/C21H26N4O2/c1-2-20(26)22-17-8-10-18(11-9-17)23-21(27)24-19-12-13-25(15-19)14-16-6-4-3-5-7-16/h3-11,19H,2,12-15H2,1H3,(H,22,26)(H2,23,24,27)/t19-/m0/s1. The Hall–Kier alpha value is -2.86. The van der Waals surface area contributed by atoms with E-state index in [1.165, 1.54) is 5.56 Å². The predicted octanol–water partition coefficient (Wildman–Crippen LogP) is 3.43. The molecule has 2 aromatic rings. The van der Waals surface area contributed by atoms with Gasteiger partial charge in [-0.15, -0.1) is 0 Å². The number of carbonyl (C=O) groups excluding carboxylic acids is 2. The number of rotatable bonds is 6. The van der Waals surface area contributed by atoms with Crippen LogP contribution >= 0.6 is 0 Å². The molecule has 2 aromatic carbocycles. The number of likely N-dealkylation sites (tertiary alicyclic amines) is 1. The van der Waals surface area contributed by atoms with Gasteiger partial charge >= 0.3 is 6.03 Å². The molecule has 3 N–H and O–H groups in total. The monoisotopic (exact) mass is 366 g/mol. The molecule has 0 aliphatic carbocycles. The molecule has 6 nitrogen and oxygen atoms in total. The number of hydrogen-bond donors (Lipinski definition) is 3. The normalized spacial score (nSPS) is 16.7. The van der Waals surface area contributed by atoms with Crippen molar-refractivity contribution in [2.45, 2.75) is 32.4 Å². The van der Waals surface area contributed by atoms with Crippen LogP contribution in [0.2, 0.25) is 0 Å².